The van der Waals surface area contributed by atoms with Gasteiger partial charge in [-0.2, -0.15) is 0 Å². The van der Waals surface area contributed by atoms with Crippen LogP contribution < -0.4 is 5.32 Å². The Bertz CT molecular complexity index is 359. The Morgan fingerprint density at radius 2 is 2.11 bits per heavy atom. The molecule has 1 aromatic heterocycles. The first-order chi connectivity index (χ1) is 8.85. The lowest BCUT2D eigenvalue weighted by atomic mass is 10.0. The van der Waals surface area contributed by atoms with Crippen molar-refractivity contribution in [2.45, 2.75) is 52.0 Å². The van der Waals surface area contributed by atoms with Gasteiger partial charge in [0.05, 0.1) is 10.7 Å². The molecule has 1 fully saturated rings. The molecule has 1 aliphatic heterocycles. The predicted octanol–water partition coefficient (Wildman–Crippen LogP) is 3.10. The summed E-state index contributed by atoms with van der Waals surface area (Å²) in [5.74, 6) is 0.634. The number of ether oxygens (including phenoxy) is 1. The second kappa shape index (κ2) is 7.22. The molecular formula is C14H24N2OS. The fourth-order valence-corrected chi connectivity index (χ4v) is 3.58. The zero-order chi connectivity index (χ0) is 12.8. The monoisotopic (exact) mass is 268 g/mol. The third kappa shape index (κ3) is 3.53. The van der Waals surface area contributed by atoms with E-state index in [2.05, 4.69) is 19.2 Å². The van der Waals surface area contributed by atoms with Crippen LogP contribution in [-0.2, 0) is 17.7 Å². The number of nitrogens with one attached hydrogen (secondary N) is 1. The molecule has 0 amide bonds. The molecule has 3 nitrogen and oxygen atoms in total. The van der Waals surface area contributed by atoms with Gasteiger partial charge in [0, 0.05) is 30.6 Å². The Labute approximate surface area is 114 Å². The van der Waals surface area contributed by atoms with E-state index in [1.54, 1.807) is 0 Å². The molecule has 0 saturated carbocycles. The molecule has 0 spiro atoms. The minimum atomic E-state index is 0.634. The van der Waals surface area contributed by atoms with Crippen molar-refractivity contribution >= 4 is 11.3 Å². The van der Waals surface area contributed by atoms with Crippen molar-refractivity contribution in [3.8, 4) is 0 Å². The van der Waals surface area contributed by atoms with Crippen LogP contribution in [-0.4, -0.2) is 24.7 Å². The molecule has 102 valence electrons. The summed E-state index contributed by atoms with van der Waals surface area (Å²) in [5, 5.41) is 4.77. The van der Waals surface area contributed by atoms with Gasteiger partial charge in [-0.1, -0.05) is 20.3 Å². The van der Waals surface area contributed by atoms with Crippen LogP contribution in [0.3, 0.4) is 0 Å². The summed E-state index contributed by atoms with van der Waals surface area (Å²) in [4.78, 5) is 6.34. The van der Waals surface area contributed by atoms with Gasteiger partial charge in [0.15, 0.2) is 0 Å². The highest BCUT2D eigenvalue weighted by Crippen LogP contribution is 2.32. The van der Waals surface area contributed by atoms with E-state index in [-0.39, 0.29) is 0 Å². The summed E-state index contributed by atoms with van der Waals surface area (Å²) < 4.78 is 5.44. The molecule has 0 aliphatic carbocycles. The highest BCUT2D eigenvalue weighted by Gasteiger charge is 2.21. The highest BCUT2D eigenvalue weighted by atomic mass is 32.1. The van der Waals surface area contributed by atoms with Gasteiger partial charge in [-0.25, -0.2) is 4.98 Å². The molecule has 0 atom stereocenters. The number of rotatable bonds is 6. The minimum Gasteiger partial charge on any atom is -0.381 e. The van der Waals surface area contributed by atoms with Crippen LogP contribution in [0.4, 0.5) is 0 Å². The van der Waals surface area contributed by atoms with Crippen LogP contribution in [0.25, 0.3) is 0 Å². The van der Waals surface area contributed by atoms with Gasteiger partial charge in [-0.15, -0.1) is 11.3 Å². The Kier molecular flexibility index (Phi) is 5.60. The largest absolute Gasteiger partial charge is 0.381 e. The Morgan fingerprint density at radius 1 is 1.33 bits per heavy atom. The number of hydrogen-bond acceptors (Lipinski definition) is 4. The number of nitrogens with zero attached hydrogens (tertiary/aromatic N) is 1. The normalized spacial score (nSPS) is 17.2. The van der Waals surface area contributed by atoms with Crippen molar-refractivity contribution in [1.82, 2.24) is 10.3 Å². The van der Waals surface area contributed by atoms with E-state index in [0.29, 0.717) is 5.92 Å². The molecule has 1 N–H and O–H groups in total. The summed E-state index contributed by atoms with van der Waals surface area (Å²) >= 11 is 1.92. The van der Waals surface area contributed by atoms with Crippen molar-refractivity contribution in [2.24, 2.45) is 0 Å². The Balaban J connectivity index is 2.09. The quantitative estimate of drug-likeness (QED) is 0.861. The Morgan fingerprint density at radius 3 is 2.78 bits per heavy atom. The molecular weight excluding hydrogens is 244 g/mol. The molecule has 0 bridgehead atoms. The third-order valence-electron chi connectivity index (χ3n) is 3.39. The molecule has 1 aromatic rings. The summed E-state index contributed by atoms with van der Waals surface area (Å²) in [7, 11) is 0. The summed E-state index contributed by atoms with van der Waals surface area (Å²) in [6.45, 7) is 8.18. The maximum atomic E-state index is 5.44. The minimum absolute atomic E-state index is 0.634. The second-order valence-electron chi connectivity index (χ2n) is 4.84. The topological polar surface area (TPSA) is 34.1 Å². The van der Waals surface area contributed by atoms with Gasteiger partial charge in [0.1, 0.15) is 0 Å². The van der Waals surface area contributed by atoms with Crippen molar-refractivity contribution in [3.05, 3.63) is 15.6 Å². The van der Waals surface area contributed by atoms with E-state index in [1.165, 1.54) is 22.0 Å². The van der Waals surface area contributed by atoms with Crippen LogP contribution in [0.5, 0.6) is 0 Å². The van der Waals surface area contributed by atoms with E-state index >= 15 is 0 Å². The first-order valence-corrected chi connectivity index (χ1v) is 7.93. The molecule has 1 aliphatic rings. The number of aryl methyl sites for hydroxylation is 1. The maximum Gasteiger partial charge on any atom is 0.0964 e. The number of aromatic nitrogens is 1. The van der Waals surface area contributed by atoms with Crippen molar-refractivity contribution in [2.75, 3.05) is 19.8 Å². The predicted molar refractivity (Wildman–Crippen MR) is 76.3 cm³/mol. The van der Waals surface area contributed by atoms with Crippen LogP contribution in [0, 0.1) is 0 Å². The van der Waals surface area contributed by atoms with Crippen LogP contribution in [0.1, 0.15) is 54.6 Å². The number of hydrogen-bond donors (Lipinski definition) is 1. The zero-order valence-electron chi connectivity index (χ0n) is 11.5. The van der Waals surface area contributed by atoms with Crippen molar-refractivity contribution < 1.29 is 4.74 Å². The lowest BCUT2D eigenvalue weighted by Crippen LogP contribution is -2.13. The third-order valence-corrected chi connectivity index (χ3v) is 4.65. The molecule has 1 saturated heterocycles. The standard InChI is InChI=1S/C14H24N2OS/c1-3-5-12-13(10-15-4-2)18-14(16-12)11-6-8-17-9-7-11/h11,15H,3-10H2,1-2H3. The summed E-state index contributed by atoms with van der Waals surface area (Å²) in [6.07, 6.45) is 4.57. The van der Waals surface area contributed by atoms with E-state index in [0.717, 1.165) is 45.6 Å². The van der Waals surface area contributed by atoms with E-state index in [9.17, 15) is 0 Å². The zero-order valence-corrected chi connectivity index (χ0v) is 12.3. The molecule has 2 heterocycles. The van der Waals surface area contributed by atoms with Gasteiger partial charge < -0.3 is 10.1 Å². The fraction of sp³-hybridized carbons (Fsp3) is 0.786. The average molecular weight is 268 g/mol. The average Bonchev–Trinajstić information content (AvgIpc) is 2.81. The SMILES string of the molecule is CCCc1nc(C2CCOCC2)sc1CNCC. The van der Waals surface area contributed by atoms with E-state index in [4.69, 9.17) is 9.72 Å². The van der Waals surface area contributed by atoms with Crippen molar-refractivity contribution in [1.29, 1.82) is 0 Å². The highest BCUT2D eigenvalue weighted by molar-refractivity contribution is 7.11. The molecule has 4 heteroatoms. The molecule has 0 unspecified atom stereocenters. The van der Waals surface area contributed by atoms with Crippen molar-refractivity contribution in [3.63, 3.8) is 0 Å². The van der Waals surface area contributed by atoms with Gasteiger partial charge in [0.2, 0.25) is 0 Å². The molecule has 0 radical (unpaired) electrons. The van der Waals surface area contributed by atoms with E-state index in [1.807, 2.05) is 11.3 Å². The van der Waals surface area contributed by atoms with Crippen LogP contribution in [0.15, 0.2) is 0 Å². The second-order valence-corrected chi connectivity index (χ2v) is 5.95. The van der Waals surface area contributed by atoms with E-state index < -0.39 is 0 Å². The van der Waals surface area contributed by atoms with Crippen LogP contribution >= 0.6 is 11.3 Å². The van der Waals surface area contributed by atoms with Gasteiger partial charge in [-0.05, 0) is 25.8 Å². The lowest BCUT2D eigenvalue weighted by molar-refractivity contribution is 0.0852. The lowest BCUT2D eigenvalue weighted by Gasteiger charge is -2.19. The van der Waals surface area contributed by atoms with Gasteiger partial charge in [0.25, 0.3) is 0 Å². The first kappa shape index (κ1) is 14.0. The Hall–Kier alpha value is -0.450. The van der Waals surface area contributed by atoms with Gasteiger partial charge >= 0.3 is 0 Å². The summed E-state index contributed by atoms with van der Waals surface area (Å²) in [5.41, 5.74) is 1.32. The molecule has 18 heavy (non-hydrogen) atoms. The smallest absolute Gasteiger partial charge is 0.0964 e. The number of thiazole rings is 1. The maximum absolute atomic E-state index is 5.44. The molecule has 2 rings (SSSR count). The summed E-state index contributed by atoms with van der Waals surface area (Å²) in [6, 6.07) is 0. The molecule has 0 aromatic carbocycles. The fourth-order valence-electron chi connectivity index (χ4n) is 2.33. The first-order valence-electron chi connectivity index (χ1n) is 7.12. The van der Waals surface area contributed by atoms with Crippen LogP contribution in [0.2, 0.25) is 0 Å². The van der Waals surface area contributed by atoms with Gasteiger partial charge in [-0.3, -0.25) is 0 Å².